The third-order valence-electron chi connectivity index (χ3n) is 0.705. The Balaban J connectivity index is 4.51. The van der Waals surface area contributed by atoms with Crippen LogP contribution in [0.4, 0.5) is 26.3 Å². The van der Waals surface area contributed by atoms with Crippen molar-refractivity contribution in [1.82, 2.24) is 0 Å². The molecule has 0 aliphatic rings. The number of halogens is 7. The Morgan fingerprint density at radius 1 is 1.13 bits per heavy atom. The van der Waals surface area contributed by atoms with Crippen LogP contribution in [-0.4, -0.2) is 28.0 Å². The summed E-state index contributed by atoms with van der Waals surface area (Å²) in [6.45, 7) is 0. The molecule has 0 aromatic rings. The fourth-order valence-electron chi connectivity index (χ4n) is 0.283. The van der Waals surface area contributed by atoms with Crippen molar-refractivity contribution in [1.29, 1.82) is 0 Å². The predicted molar refractivity (Wildman–Crippen MR) is 43.2 cm³/mol. The summed E-state index contributed by atoms with van der Waals surface area (Å²) in [4.78, 5) is 0. The first kappa shape index (κ1) is 15.2. The first-order valence-electron chi connectivity index (χ1n) is 2.78. The van der Waals surface area contributed by atoms with Gasteiger partial charge in [-0.05, 0) is 0 Å². The van der Waals surface area contributed by atoms with Crippen LogP contribution in [0.2, 0.25) is 0 Å². The van der Waals surface area contributed by atoms with Gasteiger partial charge in [-0.15, -0.1) is 0 Å². The first-order valence-corrected chi connectivity index (χ1v) is 7.56. The van der Waals surface area contributed by atoms with Crippen LogP contribution in [0.5, 0.6) is 0 Å². The standard InChI is InChI=1S/C3H3F6IO4S/c4-2(5,6)1-10(11)14-15(12,13)3(7,8)9/h11H,1H2. The average molecular weight is 376 g/mol. The second-order valence-electron chi connectivity index (χ2n) is 2.01. The van der Waals surface area contributed by atoms with Crippen molar-refractivity contribution < 1.29 is 40.7 Å². The van der Waals surface area contributed by atoms with Crippen molar-refractivity contribution in [3.63, 3.8) is 0 Å². The molecule has 0 saturated carbocycles. The zero-order valence-corrected chi connectivity index (χ0v) is 9.41. The minimum absolute atomic E-state index is 2.06. The van der Waals surface area contributed by atoms with E-state index in [-0.39, 0.29) is 0 Å². The third kappa shape index (κ3) is 5.72. The second-order valence-corrected chi connectivity index (χ2v) is 7.05. The molecule has 94 valence electrons. The minimum atomic E-state index is -6.15. The molecule has 0 fully saturated rings. The van der Waals surface area contributed by atoms with E-state index in [1.807, 2.05) is 0 Å². The van der Waals surface area contributed by atoms with Crippen LogP contribution >= 0.6 is 20.6 Å². The van der Waals surface area contributed by atoms with E-state index >= 15 is 0 Å². The molecule has 0 amide bonds. The molecule has 0 bridgehead atoms. The van der Waals surface area contributed by atoms with Crippen molar-refractivity contribution in [2.24, 2.45) is 0 Å². The van der Waals surface area contributed by atoms with Crippen LogP contribution < -0.4 is 0 Å². The van der Waals surface area contributed by atoms with Crippen LogP contribution in [0, 0.1) is 0 Å². The first-order chi connectivity index (χ1) is 6.35. The fraction of sp³-hybridized carbons (Fsp3) is 1.00. The summed E-state index contributed by atoms with van der Waals surface area (Å²) in [5.74, 6) is 0. The summed E-state index contributed by atoms with van der Waals surface area (Å²) in [5.41, 5.74) is -5.84. The predicted octanol–water partition coefficient (Wildman–Crippen LogP) is 1.74. The van der Waals surface area contributed by atoms with Crippen molar-refractivity contribution in [2.75, 3.05) is 4.43 Å². The fourth-order valence-corrected chi connectivity index (χ4v) is 3.96. The zero-order valence-electron chi connectivity index (χ0n) is 6.43. The van der Waals surface area contributed by atoms with E-state index in [0.29, 0.717) is 0 Å². The van der Waals surface area contributed by atoms with Gasteiger partial charge < -0.3 is 0 Å². The van der Waals surface area contributed by atoms with Crippen LogP contribution in [0.15, 0.2) is 0 Å². The maximum absolute atomic E-state index is 11.5. The van der Waals surface area contributed by atoms with Gasteiger partial charge in [0, 0.05) is 0 Å². The van der Waals surface area contributed by atoms with Crippen LogP contribution in [0.25, 0.3) is 0 Å². The van der Waals surface area contributed by atoms with E-state index < -0.39 is 46.9 Å². The van der Waals surface area contributed by atoms with Gasteiger partial charge in [0.1, 0.15) is 0 Å². The molecular formula is C3H3F6IO4S. The number of rotatable bonds is 3. The number of hydrogen-bond donors (Lipinski definition) is 1. The van der Waals surface area contributed by atoms with Gasteiger partial charge in [-0.2, -0.15) is 0 Å². The zero-order chi connectivity index (χ0) is 12.5. The number of alkyl halides is 7. The summed E-state index contributed by atoms with van der Waals surface area (Å²) in [6, 6.07) is 0. The second kappa shape index (κ2) is 4.58. The SMILES string of the molecule is O=S(=O)(OI(O)CC(F)(F)F)C(F)(F)F. The van der Waals surface area contributed by atoms with Gasteiger partial charge >= 0.3 is 87.6 Å². The van der Waals surface area contributed by atoms with E-state index in [9.17, 15) is 34.8 Å². The Morgan fingerprint density at radius 2 is 1.53 bits per heavy atom. The number of hydrogen-bond acceptors (Lipinski definition) is 4. The molecule has 0 heterocycles. The summed E-state index contributed by atoms with van der Waals surface area (Å²) < 4.78 is 98.7. The normalized spacial score (nSPS) is 15.3. The molecule has 12 heteroatoms. The molecule has 0 aliphatic carbocycles. The molecule has 4 nitrogen and oxygen atoms in total. The summed E-state index contributed by atoms with van der Waals surface area (Å²) in [6.07, 6.45) is -4.97. The summed E-state index contributed by atoms with van der Waals surface area (Å²) >= 11 is -4.66. The molecule has 0 atom stereocenters. The van der Waals surface area contributed by atoms with Gasteiger partial charge in [0.15, 0.2) is 0 Å². The Bertz CT molecular complexity index is 305. The summed E-state index contributed by atoms with van der Waals surface area (Å²) in [7, 11) is -6.15. The van der Waals surface area contributed by atoms with Gasteiger partial charge in [0.05, 0.1) is 0 Å². The molecule has 0 saturated heterocycles. The monoisotopic (exact) mass is 376 g/mol. The average Bonchev–Trinajstić information content (AvgIpc) is 1.75. The van der Waals surface area contributed by atoms with Gasteiger partial charge in [-0.3, -0.25) is 0 Å². The van der Waals surface area contributed by atoms with Crippen molar-refractivity contribution in [3.05, 3.63) is 0 Å². The van der Waals surface area contributed by atoms with E-state index in [2.05, 4.69) is 2.51 Å². The van der Waals surface area contributed by atoms with E-state index in [4.69, 9.17) is 3.44 Å². The molecule has 0 aliphatic heterocycles. The topological polar surface area (TPSA) is 63.6 Å². The Labute approximate surface area is 87.8 Å². The van der Waals surface area contributed by atoms with Gasteiger partial charge in [0.2, 0.25) is 0 Å². The molecule has 0 rings (SSSR count). The van der Waals surface area contributed by atoms with Gasteiger partial charge in [-0.1, -0.05) is 0 Å². The van der Waals surface area contributed by atoms with E-state index in [0.717, 1.165) is 0 Å². The Hall–Kier alpha value is 0.180. The van der Waals surface area contributed by atoms with E-state index in [1.165, 1.54) is 0 Å². The molecule has 0 aromatic heterocycles. The molecule has 0 radical (unpaired) electrons. The third-order valence-corrected chi connectivity index (χ3v) is 5.77. The van der Waals surface area contributed by atoms with Gasteiger partial charge in [-0.25, -0.2) is 0 Å². The Kier molecular flexibility index (Phi) is 4.64. The van der Waals surface area contributed by atoms with Gasteiger partial charge in [0.25, 0.3) is 0 Å². The van der Waals surface area contributed by atoms with Crippen LogP contribution in [0.3, 0.4) is 0 Å². The van der Waals surface area contributed by atoms with Crippen LogP contribution in [0.1, 0.15) is 0 Å². The van der Waals surface area contributed by atoms with Crippen molar-refractivity contribution in [3.8, 4) is 0 Å². The molecule has 0 spiro atoms. The molecular weight excluding hydrogens is 373 g/mol. The maximum atomic E-state index is 11.5. The molecule has 1 N–H and O–H groups in total. The molecule has 15 heavy (non-hydrogen) atoms. The quantitative estimate of drug-likeness (QED) is 0.353. The van der Waals surface area contributed by atoms with Crippen LogP contribution in [-0.2, 0) is 12.6 Å². The Morgan fingerprint density at radius 3 is 1.80 bits per heavy atom. The molecule has 0 unspecified atom stereocenters. The van der Waals surface area contributed by atoms with E-state index in [1.54, 1.807) is 0 Å². The molecule has 0 aromatic carbocycles. The summed E-state index contributed by atoms with van der Waals surface area (Å²) in [5, 5.41) is 0. The van der Waals surface area contributed by atoms with Crippen molar-refractivity contribution >= 4 is 30.8 Å². The van der Waals surface area contributed by atoms with Crippen molar-refractivity contribution in [2.45, 2.75) is 11.7 Å².